The highest BCUT2D eigenvalue weighted by molar-refractivity contribution is 5.80. The summed E-state index contributed by atoms with van der Waals surface area (Å²) in [5.74, 6) is 0.920. The lowest BCUT2D eigenvalue weighted by Gasteiger charge is -2.25. The first-order valence-electron chi connectivity index (χ1n) is 8.21. The van der Waals surface area contributed by atoms with Crippen LogP contribution in [0.1, 0.15) is 23.6 Å². The summed E-state index contributed by atoms with van der Waals surface area (Å²) in [5, 5.41) is 10.0. The molecule has 1 fully saturated rings. The average molecular weight is 343 g/mol. The molecule has 0 bridgehead atoms. The minimum absolute atomic E-state index is 0.0789. The minimum Gasteiger partial charge on any atom is -0.454 e. The Morgan fingerprint density at radius 2 is 1.92 bits per heavy atom. The summed E-state index contributed by atoms with van der Waals surface area (Å²) in [6.07, 6.45) is 0.0929. The number of aliphatic hydroxyl groups is 1. The number of nitrogens with zero attached hydrogens (tertiary/aromatic N) is 1. The van der Waals surface area contributed by atoms with Gasteiger partial charge in [-0.15, -0.1) is 0 Å². The number of halogens is 1. The second-order valence-electron chi connectivity index (χ2n) is 6.37. The van der Waals surface area contributed by atoms with Crippen LogP contribution < -0.4 is 9.47 Å². The lowest BCUT2D eigenvalue weighted by Crippen LogP contribution is -2.33. The predicted molar refractivity (Wildman–Crippen MR) is 87.7 cm³/mol. The van der Waals surface area contributed by atoms with E-state index in [-0.39, 0.29) is 37.5 Å². The van der Waals surface area contributed by atoms with Gasteiger partial charge in [0.1, 0.15) is 5.82 Å². The van der Waals surface area contributed by atoms with Crippen molar-refractivity contribution in [2.75, 3.05) is 13.3 Å². The molecule has 2 aliphatic heterocycles. The Bertz CT molecular complexity index is 793. The van der Waals surface area contributed by atoms with Gasteiger partial charge in [0.15, 0.2) is 11.5 Å². The maximum Gasteiger partial charge on any atom is 0.231 e. The average Bonchev–Trinajstić information content (AvgIpc) is 3.21. The second kappa shape index (κ2) is 6.37. The molecule has 1 saturated heterocycles. The first-order valence-corrected chi connectivity index (χ1v) is 8.21. The Hall–Kier alpha value is -2.60. The van der Waals surface area contributed by atoms with Crippen LogP contribution in [-0.4, -0.2) is 35.4 Å². The van der Waals surface area contributed by atoms with Crippen molar-refractivity contribution in [2.45, 2.75) is 25.0 Å². The Labute approximate surface area is 144 Å². The van der Waals surface area contributed by atoms with Crippen molar-refractivity contribution in [2.24, 2.45) is 0 Å². The van der Waals surface area contributed by atoms with Crippen molar-refractivity contribution in [1.29, 1.82) is 0 Å². The van der Waals surface area contributed by atoms with Crippen LogP contribution in [0.2, 0.25) is 0 Å². The maximum atomic E-state index is 13.2. The number of carbonyl (C=O) groups excluding carboxylic acids is 1. The number of β-amino-alcohol motifs (C(OH)–C–C–N with tert-alkyl or cyclic N) is 1. The van der Waals surface area contributed by atoms with E-state index in [9.17, 15) is 14.3 Å². The molecule has 0 aromatic heterocycles. The summed E-state index contributed by atoms with van der Waals surface area (Å²) in [6, 6.07) is 11.3. The van der Waals surface area contributed by atoms with Crippen molar-refractivity contribution < 1.29 is 23.8 Å². The molecular formula is C19H18FNO4. The molecule has 25 heavy (non-hydrogen) atoms. The normalized spacial score (nSPS) is 21.6. The minimum atomic E-state index is -0.573. The fraction of sp³-hybridized carbons (Fsp3) is 0.316. The van der Waals surface area contributed by atoms with Gasteiger partial charge in [0, 0.05) is 6.54 Å². The highest BCUT2D eigenvalue weighted by Gasteiger charge is 2.35. The molecule has 6 heteroatoms. The van der Waals surface area contributed by atoms with Crippen molar-refractivity contribution >= 4 is 5.91 Å². The topological polar surface area (TPSA) is 59.0 Å². The summed E-state index contributed by atoms with van der Waals surface area (Å²) in [7, 11) is 0. The molecule has 2 aromatic carbocycles. The van der Waals surface area contributed by atoms with Crippen LogP contribution >= 0.6 is 0 Å². The van der Waals surface area contributed by atoms with E-state index in [1.165, 1.54) is 12.1 Å². The first-order chi connectivity index (χ1) is 12.1. The summed E-state index contributed by atoms with van der Waals surface area (Å²) in [4.78, 5) is 14.4. The van der Waals surface area contributed by atoms with Crippen LogP contribution in [0, 0.1) is 5.82 Å². The first kappa shape index (κ1) is 15.9. The third-order valence-electron chi connectivity index (χ3n) is 4.65. The van der Waals surface area contributed by atoms with Crippen molar-refractivity contribution in [3.8, 4) is 11.5 Å². The number of aliphatic hydroxyl groups excluding tert-OH is 1. The molecule has 130 valence electrons. The van der Waals surface area contributed by atoms with E-state index in [0.717, 1.165) is 11.1 Å². The molecule has 0 saturated carbocycles. The zero-order chi connectivity index (χ0) is 17.4. The molecule has 4 rings (SSSR count). The lowest BCUT2D eigenvalue weighted by atomic mass is 10.0. The monoisotopic (exact) mass is 343 g/mol. The highest BCUT2D eigenvalue weighted by Crippen LogP contribution is 2.35. The van der Waals surface area contributed by atoms with E-state index < -0.39 is 6.10 Å². The standard InChI is InChI=1S/C19H18FNO4/c20-14-4-2-13(3-5-14)16-9-15(22)10-21(16)19(23)8-12-1-6-17-18(7-12)25-11-24-17/h1-7,15-16,22H,8-11H2/t15-,16+/m0/s1. The molecule has 0 radical (unpaired) electrons. The van der Waals surface area contributed by atoms with Gasteiger partial charge >= 0.3 is 0 Å². The number of amides is 1. The van der Waals surface area contributed by atoms with Gasteiger partial charge in [0.25, 0.3) is 0 Å². The van der Waals surface area contributed by atoms with Crippen molar-refractivity contribution in [3.63, 3.8) is 0 Å². The summed E-state index contributed by atoms with van der Waals surface area (Å²) in [5.41, 5.74) is 1.66. The Morgan fingerprint density at radius 1 is 1.16 bits per heavy atom. The van der Waals surface area contributed by atoms with Gasteiger partial charge < -0.3 is 19.5 Å². The van der Waals surface area contributed by atoms with Crippen LogP contribution in [0.5, 0.6) is 11.5 Å². The van der Waals surface area contributed by atoms with Crippen LogP contribution in [0.15, 0.2) is 42.5 Å². The summed E-state index contributed by atoms with van der Waals surface area (Å²) < 4.78 is 23.8. The van der Waals surface area contributed by atoms with Crippen LogP contribution in [0.3, 0.4) is 0 Å². The molecule has 2 aromatic rings. The molecule has 2 atom stereocenters. The van der Waals surface area contributed by atoms with Gasteiger partial charge in [-0.05, 0) is 41.8 Å². The van der Waals surface area contributed by atoms with Gasteiger partial charge in [-0.3, -0.25) is 4.79 Å². The predicted octanol–water partition coefficient (Wildman–Crippen LogP) is 2.43. The fourth-order valence-electron chi connectivity index (χ4n) is 3.42. The quantitative estimate of drug-likeness (QED) is 0.930. The van der Waals surface area contributed by atoms with E-state index in [2.05, 4.69) is 0 Å². The summed E-state index contributed by atoms with van der Waals surface area (Å²) >= 11 is 0. The number of ether oxygens (including phenoxy) is 2. The zero-order valence-corrected chi connectivity index (χ0v) is 13.5. The van der Waals surface area contributed by atoms with Crippen molar-refractivity contribution in [3.05, 3.63) is 59.4 Å². The molecule has 0 aliphatic carbocycles. The van der Waals surface area contributed by atoms with Crippen LogP contribution in [-0.2, 0) is 11.2 Å². The van der Waals surface area contributed by atoms with Gasteiger partial charge in [-0.1, -0.05) is 18.2 Å². The van der Waals surface area contributed by atoms with Gasteiger partial charge in [-0.2, -0.15) is 0 Å². The number of carbonyl (C=O) groups is 1. The number of hydrogen-bond acceptors (Lipinski definition) is 4. The van der Waals surface area contributed by atoms with Gasteiger partial charge in [-0.25, -0.2) is 4.39 Å². The second-order valence-corrected chi connectivity index (χ2v) is 6.37. The summed E-state index contributed by atoms with van der Waals surface area (Å²) in [6.45, 7) is 0.475. The third-order valence-corrected chi connectivity index (χ3v) is 4.65. The van der Waals surface area contributed by atoms with Crippen LogP contribution in [0.25, 0.3) is 0 Å². The van der Waals surface area contributed by atoms with Gasteiger partial charge in [0.05, 0.1) is 18.6 Å². The van der Waals surface area contributed by atoms with E-state index in [0.29, 0.717) is 17.9 Å². The zero-order valence-electron chi connectivity index (χ0n) is 13.5. The molecule has 2 aliphatic rings. The smallest absolute Gasteiger partial charge is 0.231 e. The molecule has 1 N–H and O–H groups in total. The molecule has 5 nitrogen and oxygen atoms in total. The maximum absolute atomic E-state index is 13.2. The number of likely N-dealkylation sites (tertiary alicyclic amines) is 1. The Morgan fingerprint density at radius 3 is 2.72 bits per heavy atom. The van der Waals surface area contributed by atoms with Gasteiger partial charge in [0.2, 0.25) is 12.7 Å². The number of fused-ring (bicyclic) bond motifs is 1. The largest absolute Gasteiger partial charge is 0.454 e. The molecule has 1 amide bonds. The lowest BCUT2D eigenvalue weighted by molar-refractivity contribution is -0.131. The number of rotatable bonds is 3. The van der Waals surface area contributed by atoms with Crippen molar-refractivity contribution in [1.82, 2.24) is 4.90 Å². The highest BCUT2D eigenvalue weighted by atomic mass is 19.1. The molecule has 0 unspecified atom stereocenters. The Balaban J connectivity index is 1.52. The molecule has 0 spiro atoms. The Kier molecular flexibility index (Phi) is 4.05. The fourth-order valence-corrected chi connectivity index (χ4v) is 3.42. The third kappa shape index (κ3) is 3.17. The van der Waals surface area contributed by atoms with E-state index in [4.69, 9.17) is 9.47 Å². The number of benzene rings is 2. The van der Waals surface area contributed by atoms with E-state index in [1.807, 2.05) is 6.07 Å². The van der Waals surface area contributed by atoms with E-state index in [1.54, 1.807) is 29.2 Å². The van der Waals surface area contributed by atoms with E-state index >= 15 is 0 Å². The SMILES string of the molecule is O=C(Cc1ccc2c(c1)OCO2)N1C[C@@H](O)C[C@@H]1c1ccc(F)cc1. The molecular weight excluding hydrogens is 325 g/mol. The van der Waals surface area contributed by atoms with Crippen LogP contribution in [0.4, 0.5) is 4.39 Å². The number of hydrogen-bond donors (Lipinski definition) is 1. The molecule has 2 heterocycles.